The lowest BCUT2D eigenvalue weighted by molar-refractivity contribution is -0.129. The molecule has 0 aliphatic carbocycles. The molecule has 0 unspecified atom stereocenters. The molecule has 4 heteroatoms. The van der Waals surface area contributed by atoms with Crippen molar-refractivity contribution in [2.45, 2.75) is 12.3 Å². The Morgan fingerprint density at radius 1 is 1.13 bits per heavy atom. The SMILES string of the molecule is NC[C@@H]1CN(C(=O)Cc2cccc(Cl)c2)C[C@H]1c1ccccc1. The van der Waals surface area contributed by atoms with E-state index in [0.29, 0.717) is 29.8 Å². The molecule has 120 valence electrons. The highest BCUT2D eigenvalue weighted by Crippen LogP contribution is 2.32. The quantitative estimate of drug-likeness (QED) is 0.937. The zero-order valence-corrected chi connectivity index (χ0v) is 13.7. The van der Waals surface area contributed by atoms with Crippen LogP contribution in [0.15, 0.2) is 54.6 Å². The van der Waals surface area contributed by atoms with Gasteiger partial charge in [-0.3, -0.25) is 4.79 Å². The molecule has 1 fully saturated rings. The highest BCUT2D eigenvalue weighted by Gasteiger charge is 2.34. The number of hydrogen-bond donors (Lipinski definition) is 1. The van der Waals surface area contributed by atoms with Crippen molar-refractivity contribution >= 4 is 17.5 Å². The Labute approximate surface area is 142 Å². The Hall–Kier alpha value is -1.84. The number of halogens is 1. The van der Waals surface area contributed by atoms with E-state index in [1.54, 1.807) is 0 Å². The van der Waals surface area contributed by atoms with Crippen LogP contribution in [0.2, 0.25) is 5.02 Å². The van der Waals surface area contributed by atoms with Gasteiger partial charge in [-0.25, -0.2) is 0 Å². The van der Waals surface area contributed by atoms with Crippen LogP contribution in [0.4, 0.5) is 0 Å². The molecule has 1 heterocycles. The second-order valence-corrected chi connectivity index (χ2v) is 6.55. The van der Waals surface area contributed by atoms with Crippen LogP contribution in [0, 0.1) is 5.92 Å². The van der Waals surface area contributed by atoms with Crippen molar-refractivity contribution in [3.63, 3.8) is 0 Å². The normalized spacial score (nSPS) is 20.7. The Morgan fingerprint density at radius 2 is 1.91 bits per heavy atom. The predicted molar refractivity (Wildman–Crippen MR) is 93.5 cm³/mol. The number of benzene rings is 2. The van der Waals surface area contributed by atoms with Crippen LogP contribution in [-0.2, 0) is 11.2 Å². The molecule has 0 bridgehead atoms. The first-order valence-corrected chi connectivity index (χ1v) is 8.32. The summed E-state index contributed by atoms with van der Waals surface area (Å²) in [6.45, 7) is 2.07. The van der Waals surface area contributed by atoms with E-state index in [1.165, 1.54) is 5.56 Å². The lowest BCUT2D eigenvalue weighted by atomic mass is 9.89. The van der Waals surface area contributed by atoms with Gasteiger partial charge in [-0.15, -0.1) is 0 Å². The maximum Gasteiger partial charge on any atom is 0.227 e. The molecule has 0 spiro atoms. The fraction of sp³-hybridized carbons (Fsp3) is 0.316. The average Bonchev–Trinajstić information content (AvgIpc) is 3.00. The van der Waals surface area contributed by atoms with Gasteiger partial charge < -0.3 is 10.6 Å². The van der Waals surface area contributed by atoms with E-state index in [-0.39, 0.29) is 5.91 Å². The van der Waals surface area contributed by atoms with E-state index < -0.39 is 0 Å². The first-order valence-electron chi connectivity index (χ1n) is 7.94. The first kappa shape index (κ1) is 16.0. The third-order valence-electron chi connectivity index (χ3n) is 4.57. The maximum absolute atomic E-state index is 12.6. The number of rotatable bonds is 4. The summed E-state index contributed by atoms with van der Waals surface area (Å²) >= 11 is 6.00. The van der Waals surface area contributed by atoms with Crippen LogP contribution < -0.4 is 5.73 Å². The Kier molecular flexibility index (Phi) is 4.99. The van der Waals surface area contributed by atoms with E-state index in [2.05, 4.69) is 12.1 Å². The molecule has 1 aliphatic heterocycles. The predicted octanol–water partition coefficient (Wildman–Crippen LogP) is 3.08. The van der Waals surface area contributed by atoms with Crippen molar-refractivity contribution in [1.82, 2.24) is 4.90 Å². The molecule has 0 radical (unpaired) electrons. The number of amides is 1. The van der Waals surface area contributed by atoms with Crippen LogP contribution in [0.1, 0.15) is 17.0 Å². The Bertz CT molecular complexity index is 674. The number of carbonyl (C=O) groups excluding carboxylic acids is 1. The molecule has 2 atom stereocenters. The van der Waals surface area contributed by atoms with Gasteiger partial charge in [-0.1, -0.05) is 54.1 Å². The summed E-state index contributed by atoms with van der Waals surface area (Å²) in [6, 6.07) is 17.8. The Balaban J connectivity index is 1.70. The van der Waals surface area contributed by atoms with Gasteiger partial charge in [-0.05, 0) is 35.7 Å². The molecule has 1 saturated heterocycles. The third-order valence-corrected chi connectivity index (χ3v) is 4.80. The number of likely N-dealkylation sites (tertiary alicyclic amines) is 1. The highest BCUT2D eigenvalue weighted by molar-refractivity contribution is 6.30. The molecule has 2 aromatic carbocycles. The molecule has 2 aromatic rings. The molecule has 0 aromatic heterocycles. The van der Waals surface area contributed by atoms with Gasteiger partial charge in [0.05, 0.1) is 6.42 Å². The molecule has 1 aliphatic rings. The zero-order chi connectivity index (χ0) is 16.2. The molecular formula is C19H21ClN2O. The van der Waals surface area contributed by atoms with E-state index in [0.717, 1.165) is 18.7 Å². The summed E-state index contributed by atoms with van der Waals surface area (Å²) < 4.78 is 0. The fourth-order valence-electron chi connectivity index (χ4n) is 3.32. The van der Waals surface area contributed by atoms with Crippen LogP contribution in [0.3, 0.4) is 0 Å². The van der Waals surface area contributed by atoms with Crippen LogP contribution in [0.5, 0.6) is 0 Å². The largest absolute Gasteiger partial charge is 0.341 e. The fourth-order valence-corrected chi connectivity index (χ4v) is 3.54. The van der Waals surface area contributed by atoms with Gasteiger partial charge in [0.15, 0.2) is 0 Å². The van der Waals surface area contributed by atoms with E-state index in [4.69, 9.17) is 17.3 Å². The second kappa shape index (κ2) is 7.16. The molecule has 3 nitrogen and oxygen atoms in total. The standard InChI is InChI=1S/C19H21ClN2O/c20-17-8-4-5-14(9-17)10-19(23)22-12-16(11-21)18(13-22)15-6-2-1-3-7-15/h1-9,16,18H,10-13,21H2/t16-,18+/m1/s1. The van der Waals surface area contributed by atoms with Gasteiger partial charge in [-0.2, -0.15) is 0 Å². The molecular weight excluding hydrogens is 308 g/mol. The average molecular weight is 329 g/mol. The van der Waals surface area contributed by atoms with Gasteiger partial charge in [0.2, 0.25) is 5.91 Å². The number of hydrogen-bond acceptors (Lipinski definition) is 2. The molecule has 2 N–H and O–H groups in total. The minimum Gasteiger partial charge on any atom is -0.341 e. The maximum atomic E-state index is 12.6. The zero-order valence-electron chi connectivity index (χ0n) is 13.0. The van der Waals surface area contributed by atoms with Crippen LogP contribution in [-0.4, -0.2) is 30.4 Å². The van der Waals surface area contributed by atoms with Crippen LogP contribution in [0.25, 0.3) is 0 Å². The summed E-state index contributed by atoms with van der Waals surface area (Å²) in [5, 5.41) is 0.665. The van der Waals surface area contributed by atoms with Crippen molar-refractivity contribution < 1.29 is 4.79 Å². The van der Waals surface area contributed by atoms with Gasteiger partial charge in [0.25, 0.3) is 0 Å². The van der Waals surface area contributed by atoms with E-state index in [1.807, 2.05) is 47.4 Å². The molecule has 0 saturated carbocycles. The lowest BCUT2D eigenvalue weighted by Crippen LogP contribution is -2.31. The van der Waals surface area contributed by atoms with E-state index >= 15 is 0 Å². The molecule has 3 rings (SSSR count). The minimum absolute atomic E-state index is 0.143. The smallest absolute Gasteiger partial charge is 0.227 e. The summed E-state index contributed by atoms with van der Waals surface area (Å²) in [6.07, 6.45) is 0.388. The van der Waals surface area contributed by atoms with Crippen molar-refractivity contribution in [2.24, 2.45) is 11.7 Å². The van der Waals surface area contributed by atoms with Crippen LogP contribution >= 0.6 is 11.6 Å². The van der Waals surface area contributed by atoms with Gasteiger partial charge in [0, 0.05) is 24.0 Å². The van der Waals surface area contributed by atoms with Gasteiger partial charge >= 0.3 is 0 Å². The van der Waals surface area contributed by atoms with Crippen molar-refractivity contribution in [3.05, 3.63) is 70.7 Å². The molecule has 23 heavy (non-hydrogen) atoms. The summed E-state index contributed by atoms with van der Waals surface area (Å²) in [4.78, 5) is 14.5. The second-order valence-electron chi connectivity index (χ2n) is 6.12. The number of carbonyl (C=O) groups is 1. The topological polar surface area (TPSA) is 46.3 Å². The monoisotopic (exact) mass is 328 g/mol. The van der Waals surface area contributed by atoms with Gasteiger partial charge in [0.1, 0.15) is 0 Å². The number of nitrogens with zero attached hydrogens (tertiary/aromatic N) is 1. The highest BCUT2D eigenvalue weighted by atomic mass is 35.5. The third kappa shape index (κ3) is 3.74. The summed E-state index contributed by atoms with van der Waals surface area (Å²) in [5.41, 5.74) is 8.16. The van der Waals surface area contributed by atoms with E-state index in [9.17, 15) is 4.79 Å². The van der Waals surface area contributed by atoms with Crippen molar-refractivity contribution in [1.29, 1.82) is 0 Å². The lowest BCUT2D eigenvalue weighted by Gasteiger charge is -2.17. The summed E-state index contributed by atoms with van der Waals surface area (Å²) in [5.74, 6) is 0.786. The van der Waals surface area contributed by atoms with Crippen molar-refractivity contribution in [3.8, 4) is 0 Å². The van der Waals surface area contributed by atoms with Crippen molar-refractivity contribution in [2.75, 3.05) is 19.6 Å². The molecule has 1 amide bonds. The first-order chi connectivity index (χ1) is 11.2. The number of nitrogens with two attached hydrogens (primary N) is 1. The Morgan fingerprint density at radius 3 is 2.61 bits per heavy atom. The summed E-state index contributed by atoms with van der Waals surface area (Å²) in [7, 11) is 0. The minimum atomic E-state index is 0.143.